The number of hydrogen-bond donors (Lipinski definition) is 1. The van der Waals surface area contributed by atoms with E-state index in [-0.39, 0.29) is 55.7 Å². The Morgan fingerprint density at radius 2 is 1.62 bits per heavy atom. The predicted octanol–water partition coefficient (Wildman–Crippen LogP) is 0.0885. The van der Waals surface area contributed by atoms with Crippen molar-refractivity contribution in [2.75, 3.05) is 5.32 Å². The quantitative estimate of drug-likeness (QED) is 0.353. The Labute approximate surface area is 157 Å². The first-order valence-corrected chi connectivity index (χ1v) is 7.53. The molecule has 0 radical (unpaired) electrons. The molecule has 0 atom stereocenters. The van der Waals surface area contributed by atoms with E-state index >= 15 is 0 Å². The summed E-state index contributed by atoms with van der Waals surface area (Å²) in [7, 11) is -4.49. The summed E-state index contributed by atoms with van der Waals surface area (Å²) in [6.07, 6.45) is 0. The van der Waals surface area contributed by atoms with Crippen LogP contribution in [0.1, 0.15) is 0 Å². The minimum atomic E-state index is -4.49. The molecular formula is C10H5Cl3N3NaO3S. The van der Waals surface area contributed by atoms with Crippen molar-refractivity contribution in [1.29, 1.82) is 0 Å². The minimum absolute atomic E-state index is 0. The van der Waals surface area contributed by atoms with Gasteiger partial charge in [0.05, 0.1) is 4.90 Å². The largest absolute Gasteiger partial charge is 1.00 e. The molecule has 21 heavy (non-hydrogen) atoms. The van der Waals surface area contributed by atoms with E-state index in [4.69, 9.17) is 34.8 Å². The predicted molar refractivity (Wildman–Crippen MR) is 74.7 cm³/mol. The van der Waals surface area contributed by atoms with Crippen LogP contribution in [0.4, 0.5) is 11.5 Å². The van der Waals surface area contributed by atoms with Crippen LogP contribution in [0.2, 0.25) is 15.5 Å². The number of anilines is 2. The molecule has 1 heterocycles. The van der Waals surface area contributed by atoms with Crippen LogP contribution in [0.15, 0.2) is 29.2 Å². The van der Waals surface area contributed by atoms with Gasteiger partial charge in [-0.3, -0.25) is 0 Å². The molecule has 1 aromatic carbocycles. The second-order valence-electron chi connectivity index (χ2n) is 3.55. The molecule has 0 aliphatic heterocycles. The van der Waals surface area contributed by atoms with Crippen molar-refractivity contribution in [1.82, 2.24) is 9.97 Å². The van der Waals surface area contributed by atoms with Crippen molar-refractivity contribution < 1.29 is 42.5 Å². The molecule has 1 aromatic heterocycles. The molecule has 0 aliphatic carbocycles. The molecule has 0 fully saturated rings. The second-order valence-corrected chi connectivity index (χ2v) is 6.00. The summed E-state index contributed by atoms with van der Waals surface area (Å²) in [6.45, 7) is 0. The fraction of sp³-hybridized carbons (Fsp3) is 0. The average Bonchev–Trinajstić information content (AvgIpc) is 2.35. The van der Waals surface area contributed by atoms with E-state index in [0.29, 0.717) is 5.69 Å². The van der Waals surface area contributed by atoms with E-state index in [9.17, 15) is 13.0 Å². The van der Waals surface area contributed by atoms with Crippen molar-refractivity contribution in [2.45, 2.75) is 4.90 Å². The molecule has 0 saturated carbocycles. The maximum Gasteiger partial charge on any atom is 1.00 e. The van der Waals surface area contributed by atoms with Crippen LogP contribution in [0, 0.1) is 0 Å². The smallest absolute Gasteiger partial charge is 0.744 e. The SMILES string of the molecule is O=S(=O)([O-])c1ccc(Nc2nc(Cl)nc(Cl)c2Cl)cc1.[Na+]. The summed E-state index contributed by atoms with van der Waals surface area (Å²) in [5.74, 6) is 0.161. The molecule has 0 saturated heterocycles. The number of rotatable bonds is 3. The Kier molecular flexibility index (Phi) is 6.70. The molecule has 6 nitrogen and oxygen atoms in total. The standard InChI is InChI=1S/C10H6Cl3N3O3S.Na/c11-7-8(12)15-10(13)16-9(7)14-5-1-3-6(4-2-5)20(17,18)19;/h1-4H,(H,14,15,16)(H,17,18,19);/q;+1/p-1. The summed E-state index contributed by atoms with van der Waals surface area (Å²) in [5.41, 5.74) is 0.449. The van der Waals surface area contributed by atoms with Gasteiger partial charge in [0, 0.05) is 5.69 Å². The van der Waals surface area contributed by atoms with Crippen LogP contribution in [-0.2, 0) is 10.1 Å². The number of benzene rings is 1. The van der Waals surface area contributed by atoms with Gasteiger partial charge in [0.15, 0.2) is 11.0 Å². The molecule has 0 spiro atoms. The van der Waals surface area contributed by atoms with Crippen LogP contribution < -0.4 is 34.9 Å². The van der Waals surface area contributed by atoms with Gasteiger partial charge in [0.1, 0.15) is 15.1 Å². The minimum Gasteiger partial charge on any atom is -0.744 e. The van der Waals surface area contributed by atoms with Gasteiger partial charge in [-0.05, 0) is 35.9 Å². The number of nitrogens with one attached hydrogen (secondary N) is 1. The van der Waals surface area contributed by atoms with Crippen molar-refractivity contribution >= 4 is 56.4 Å². The molecule has 106 valence electrons. The van der Waals surface area contributed by atoms with E-state index in [1.54, 1.807) is 0 Å². The zero-order chi connectivity index (χ0) is 14.9. The van der Waals surface area contributed by atoms with Crippen LogP contribution in [0.3, 0.4) is 0 Å². The summed E-state index contributed by atoms with van der Waals surface area (Å²) in [4.78, 5) is 7.16. The van der Waals surface area contributed by atoms with E-state index in [1.807, 2.05) is 0 Å². The summed E-state index contributed by atoms with van der Waals surface area (Å²) < 4.78 is 32.4. The number of halogens is 3. The fourth-order valence-corrected chi connectivity index (χ4v) is 2.30. The molecule has 0 unspecified atom stereocenters. The Balaban J connectivity index is 0.00000220. The monoisotopic (exact) mass is 375 g/mol. The van der Waals surface area contributed by atoms with Gasteiger partial charge in [0.2, 0.25) is 5.28 Å². The third kappa shape index (κ3) is 4.94. The summed E-state index contributed by atoms with van der Waals surface area (Å²) in [6, 6.07) is 5.07. The van der Waals surface area contributed by atoms with Crippen molar-refractivity contribution in [3.8, 4) is 0 Å². The summed E-state index contributed by atoms with van der Waals surface area (Å²) in [5, 5.41) is 2.73. The van der Waals surface area contributed by atoms with Crippen LogP contribution in [-0.4, -0.2) is 22.9 Å². The maximum atomic E-state index is 10.8. The summed E-state index contributed by atoms with van der Waals surface area (Å²) >= 11 is 17.3. The maximum absolute atomic E-state index is 10.8. The van der Waals surface area contributed by atoms with Crippen molar-refractivity contribution in [3.05, 3.63) is 39.7 Å². The van der Waals surface area contributed by atoms with Gasteiger partial charge < -0.3 is 9.87 Å². The van der Waals surface area contributed by atoms with Crippen LogP contribution in [0.5, 0.6) is 0 Å². The topological polar surface area (TPSA) is 95.0 Å². The second kappa shape index (κ2) is 7.43. The van der Waals surface area contributed by atoms with Gasteiger partial charge >= 0.3 is 29.6 Å². The first-order valence-electron chi connectivity index (χ1n) is 4.99. The molecule has 2 aromatic rings. The zero-order valence-corrected chi connectivity index (χ0v) is 15.6. The van der Waals surface area contributed by atoms with Crippen LogP contribution >= 0.6 is 34.8 Å². The van der Waals surface area contributed by atoms with Gasteiger partial charge in [-0.15, -0.1) is 0 Å². The Hall–Kier alpha value is -0.120. The Bertz CT molecular complexity index is 756. The zero-order valence-electron chi connectivity index (χ0n) is 10.5. The molecule has 11 heteroatoms. The van der Waals surface area contributed by atoms with E-state index < -0.39 is 10.1 Å². The Morgan fingerprint density at radius 1 is 1.05 bits per heavy atom. The third-order valence-electron chi connectivity index (χ3n) is 2.19. The first kappa shape index (κ1) is 18.9. The first-order chi connectivity index (χ1) is 9.27. The van der Waals surface area contributed by atoms with E-state index in [1.165, 1.54) is 12.1 Å². The van der Waals surface area contributed by atoms with Gasteiger partial charge in [0.25, 0.3) is 0 Å². The van der Waals surface area contributed by atoms with Gasteiger partial charge in [-0.1, -0.05) is 23.2 Å². The molecule has 0 amide bonds. The number of hydrogen-bond acceptors (Lipinski definition) is 6. The fourth-order valence-electron chi connectivity index (χ4n) is 1.32. The molecule has 2 rings (SSSR count). The number of aromatic nitrogens is 2. The number of nitrogens with zero attached hydrogens (tertiary/aromatic N) is 2. The molecular weight excluding hydrogens is 372 g/mol. The Morgan fingerprint density at radius 3 is 2.14 bits per heavy atom. The average molecular weight is 377 g/mol. The van der Waals surface area contributed by atoms with Crippen molar-refractivity contribution in [3.63, 3.8) is 0 Å². The van der Waals surface area contributed by atoms with Gasteiger partial charge in [-0.2, -0.15) is 4.98 Å². The third-order valence-corrected chi connectivity index (χ3v) is 3.94. The van der Waals surface area contributed by atoms with Gasteiger partial charge in [-0.25, -0.2) is 13.4 Å². The van der Waals surface area contributed by atoms with Crippen LogP contribution in [0.25, 0.3) is 0 Å². The van der Waals surface area contributed by atoms with E-state index in [0.717, 1.165) is 12.1 Å². The normalized spacial score (nSPS) is 10.9. The van der Waals surface area contributed by atoms with Crippen molar-refractivity contribution in [2.24, 2.45) is 0 Å². The molecule has 0 bridgehead atoms. The molecule has 1 N–H and O–H groups in total. The van der Waals surface area contributed by atoms with E-state index in [2.05, 4.69) is 15.3 Å². The molecule has 0 aliphatic rings.